The van der Waals surface area contributed by atoms with Crippen molar-refractivity contribution in [3.63, 3.8) is 0 Å². The summed E-state index contributed by atoms with van der Waals surface area (Å²) in [7, 11) is 0. The molecule has 0 aliphatic heterocycles. The molecule has 0 aromatic rings. The van der Waals surface area contributed by atoms with Gasteiger partial charge in [-0.05, 0) is 37.6 Å². The van der Waals surface area contributed by atoms with Gasteiger partial charge in [0.2, 0.25) is 0 Å². The first-order valence-corrected chi connectivity index (χ1v) is 5.77. The number of halogens is 2. The van der Waals surface area contributed by atoms with Crippen LogP contribution in [0.15, 0.2) is 46.6 Å². The predicted molar refractivity (Wildman–Crippen MR) is 71.9 cm³/mol. The lowest BCUT2D eigenvalue weighted by atomic mass is 10.2. The van der Waals surface area contributed by atoms with Crippen LogP contribution >= 0.6 is 38.8 Å². The van der Waals surface area contributed by atoms with Crippen LogP contribution in [0.4, 0.5) is 0 Å². The molecule has 1 nitrogen and oxygen atoms in total. The van der Waals surface area contributed by atoms with Gasteiger partial charge in [-0.15, -0.1) is 0 Å². The summed E-state index contributed by atoms with van der Waals surface area (Å²) in [4.78, 5) is 0. The molecule has 1 N–H and O–H groups in total. The Bertz CT molecular complexity index is 252. The van der Waals surface area contributed by atoms with Crippen molar-refractivity contribution >= 4 is 38.8 Å². The summed E-state index contributed by atoms with van der Waals surface area (Å²) in [6, 6.07) is 0. The molecule has 0 atom stereocenters. The third-order valence-corrected chi connectivity index (χ3v) is 2.08. The van der Waals surface area contributed by atoms with Crippen molar-refractivity contribution in [3.05, 3.63) is 46.6 Å². The van der Waals surface area contributed by atoms with Gasteiger partial charge in [0.15, 0.2) is 0 Å². The van der Waals surface area contributed by atoms with Gasteiger partial charge in [-0.1, -0.05) is 28.1 Å². The Labute approximate surface area is 102 Å². The van der Waals surface area contributed by atoms with Crippen molar-refractivity contribution < 1.29 is 0 Å². The van der Waals surface area contributed by atoms with Crippen molar-refractivity contribution in [2.45, 2.75) is 13.8 Å². The van der Waals surface area contributed by atoms with Crippen LogP contribution in [0.3, 0.4) is 0 Å². The normalized spacial score (nSPS) is 14.5. The monoisotopic (exact) mass is 353 g/mol. The molecular formula is C10H13BrIN. The molecule has 72 valence electrons. The number of allylic oxidation sites excluding steroid dienone is 7. The van der Waals surface area contributed by atoms with E-state index in [2.05, 4.69) is 55.3 Å². The molecule has 0 aliphatic carbocycles. The topological polar surface area (TPSA) is 12.0 Å². The minimum atomic E-state index is 1.07. The maximum absolute atomic E-state index is 3.45. The summed E-state index contributed by atoms with van der Waals surface area (Å²) >= 11 is 5.52. The molecule has 0 aromatic carbocycles. The summed E-state index contributed by atoms with van der Waals surface area (Å²) < 4.78 is 3.99. The molecule has 0 aromatic heterocycles. The lowest BCUT2D eigenvalue weighted by Crippen LogP contribution is -1.79. The number of rotatable bonds is 4. The van der Waals surface area contributed by atoms with Crippen LogP contribution < -0.4 is 3.53 Å². The van der Waals surface area contributed by atoms with Crippen LogP contribution in [0.2, 0.25) is 0 Å². The van der Waals surface area contributed by atoms with E-state index in [1.54, 1.807) is 0 Å². The zero-order chi connectivity index (χ0) is 10.1. The van der Waals surface area contributed by atoms with Crippen LogP contribution in [0.1, 0.15) is 13.8 Å². The molecule has 0 radical (unpaired) electrons. The van der Waals surface area contributed by atoms with Gasteiger partial charge >= 0.3 is 0 Å². The van der Waals surface area contributed by atoms with Crippen LogP contribution in [0.5, 0.6) is 0 Å². The van der Waals surface area contributed by atoms with Gasteiger partial charge in [-0.25, -0.2) is 0 Å². The van der Waals surface area contributed by atoms with Gasteiger partial charge < -0.3 is 3.53 Å². The first kappa shape index (κ1) is 13.0. The highest BCUT2D eigenvalue weighted by molar-refractivity contribution is 14.1. The highest BCUT2D eigenvalue weighted by atomic mass is 127. The zero-order valence-electron chi connectivity index (χ0n) is 7.72. The zero-order valence-corrected chi connectivity index (χ0v) is 11.5. The molecule has 0 saturated carbocycles. The minimum Gasteiger partial charge on any atom is -0.335 e. The highest BCUT2D eigenvalue weighted by Crippen LogP contribution is 2.10. The van der Waals surface area contributed by atoms with Crippen molar-refractivity contribution in [2.75, 3.05) is 0 Å². The SMILES string of the molecule is C/C=C/C=C(Br)\C=C(C)\C=C/NI. The van der Waals surface area contributed by atoms with Crippen LogP contribution in [-0.4, -0.2) is 0 Å². The first-order chi connectivity index (χ1) is 6.20. The van der Waals surface area contributed by atoms with E-state index in [1.807, 2.05) is 37.4 Å². The van der Waals surface area contributed by atoms with E-state index in [0.717, 1.165) is 4.48 Å². The largest absolute Gasteiger partial charge is 0.335 e. The van der Waals surface area contributed by atoms with E-state index in [4.69, 9.17) is 0 Å². The fourth-order valence-corrected chi connectivity index (χ4v) is 1.36. The van der Waals surface area contributed by atoms with Gasteiger partial charge in [0.1, 0.15) is 0 Å². The standard InChI is InChI=1S/C10H13BrIN/c1-3-4-5-10(11)8-9(2)6-7-13-12/h3-8,13H,1-2H3/b4-3+,7-6-,9-8+,10-5+. The molecule has 0 bridgehead atoms. The van der Waals surface area contributed by atoms with Crippen molar-refractivity contribution in [1.29, 1.82) is 0 Å². The van der Waals surface area contributed by atoms with Gasteiger partial charge in [0.05, 0.1) is 22.9 Å². The molecule has 3 heteroatoms. The second-order valence-corrected chi connectivity index (χ2v) is 3.95. The molecule has 0 aliphatic rings. The van der Waals surface area contributed by atoms with Gasteiger partial charge in [0.25, 0.3) is 0 Å². The number of hydrogen-bond donors (Lipinski definition) is 1. The Balaban J connectivity index is 4.29. The fourth-order valence-electron chi connectivity index (χ4n) is 0.665. The average molecular weight is 354 g/mol. The van der Waals surface area contributed by atoms with Crippen molar-refractivity contribution in [1.82, 2.24) is 3.53 Å². The van der Waals surface area contributed by atoms with E-state index in [0.29, 0.717) is 0 Å². The van der Waals surface area contributed by atoms with Crippen LogP contribution in [-0.2, 0) is 0 Å². The average Bonchev–Trinajstić information content (AvgIpc) is 2.11. The molecular weight excluding hydrogens is 341 g/mol. The molecule has 13 heavy (non-hydrogen) atoms. The van der Waals surface area contributed by atoms with Crippen molar-refractivity contribution in [2.24, 2.45) is 0 Å². The van der Waals surface area contributed by atoms with Gasteiger partial charge in [0, 0.05) is 10.7 Å². The highest BCUT2D eigenvalue weighted by Gasteiger charge is 1.84. The van der Waals surface area contributed by atoms with E-state index in [1.165, 1.54) is 5.57 Å². The van der Waals surface area contributed by atoms with Crippen LogP contribution in [0, 0.1) is 0 Å². The molecule has 0 heterocycles. The fraction of sp³-hybridized carbons (Fsp3) is 0.200. The van der Waals surface area contributed by atoms with Crippen molar-refractivity contribution in [3.8, 4) is 0 Å². The van der Waals surface area contributed by atoms with Gasteiger partial charge in [-0.3, -0.25) is 0 Å². The summed E-state index contributed by atoms with van der Waals surface area (Å²) in [6.07, 6.45) is 12.0. The summed E-state index contributed by atoms with van der Waals surface area (Å²) in [5.41, 5.74) is 1.19. The molecule has 0 rings (SSSR count). The Morgan fingerprint density at radius 2 is 2.15 bits per heavy atom. The molecule has 0 amide bonds. The van der Waals surface area contributed by atoms with E-state index in [-0.39, 0.29) is 0 Å². The lowest BCUT2D eigenvalue weighted by molar-refractivity contribution is 1.43. The quantitative estimate of drug-likeness (QED) is 0.453. The molecule has 0 fully saturated rings. The molecule has 0 spiro atoms. The smallest absolute Gasteiger partial charge is 0.0555 e. The maximum Gasteiger partial charge on any atom is 0.0555 e. The Morgan fingerprint density at radius 1 is 1.46 bits per heavy atom. The summed E-state index contributed by atoms with van der Waals surface area (Å²) in [5.74, 6) is 0. The van der Waals surface area contributed by atoms with Crippen LogP contribution in [0.25, 0.3) is 0 Å². The molecule has 0 unspecified atom stereocenters. The summed E-state index contributed by atoms with van der Waals surface area (Å²) in [6.45, 7) is 4.04. The van der Waals surface area contributed by atoms with E-state index < -0.39 is 0 Å². The lowest BCUT2D eigenvalue weighted by Gasteiger charge is -1.91. The Hall–Kier alpha value is -0.0300. The molecule has 0 saturated heterocycles. The third kappa shape index (κ3) is 8.30. The van der Waals surface area contributed by atoms with Gasteiger partial charge in [-0.2, -0.15) is 0 Å². The third-order valence-electron chi connectivity index (χ3n) is 1.22. The van der Waals surface area contributed by atoms with E-state index in [9.17, 15) is 0 Å². The summed E-state index contributed by atoms with van der Waals surface area (Å²) in [5, 5.41) is 0. The second kappa shape index (κ2) is 8.56. The number of nitrogens with one attached hydrogen (secondary N) is 1. The number of hydrogen-bond acceptors (Lipinski definition) is 1. The second-order valence-electron chi connectivity index (χ2n) is 2.41. The Kier molecular flexibility index (Phi) is 8.54. The first-order valence-electron chi connectivity index (χ1n) is 3.90. The Morgan fingerprint density at radius 3 is 2.69 bits per heavy atom. The predicted octanol–water partition coefficient (Wildman–Crippen LogP) is 4.24. The minimum absolute atomic E-state index is 1.07. The maximum atomic E-state index is 3.45. The van der Waals surface area contributed by atoms with E-state index >= 15 is 0 Å².